The predicted octanol–water partition coefficient (Wildman–Crippen LogP) is 2.50. The summed E-state index contributed by atoms with van der Waals surface area (Å²) in [5, 5.41) is 13.8. The lowest BCUT2D eigenvalue weighted by Crippen LogP contribution is -2.31. The number of tetrazole rings is 1. The van der Waals surface area contributed by atoms with E-state index in [0.717, 1.165) is 0 Å². The first-order valence-electron chi connectivity index (χ1n) is 11.3. The van der Waals surface area contributed by atoms with Crippen LogP contribution in [-0.4, -0.2) is 64.5 Å². The van der Waals surface area contributed by atoms with Crippen molar-refractivity contribution < 1.29 is 22.7 Å². The van der Waals surface area contributed by atoms with Gasteiger partial charge in [-0.1, -0.05) is 50.2 Å². The Morgan fingerprint density at radius 1 is 1.08 bits per heavy atom. The van der Waals surface area contributed by atoms with Gasteiger partial charge < -0.3 is 10.1 Å². The molecule has 3 aromatic rings. The van der Waals surface area contributed by atoms with Gasteiger partial charge in [0.25, 0.3) is 5.91 Å². The van der Waals surface area contributed by atoms with Crippen molar-refractivity contribution in [2.45, 2.75) is 32.6 Å². The maximum absolute atomic E-state index is 13.0. The third kappa shape index (κ3) is 6.20. The van der Waals surface area contributed by atoms with Crippen molar-refractivity contribution in [3.63, 3.8) is 0 Å². The number of hydrogen-bond acceptors (Lipinski definition) is 8. The molecule has 1 N–H and O–H groups in total. The van der Waals surface area contributed by atoms with E-state index in [2.05, 4.69) is 20.8 Å². The number of hydrogen-bond donors (Lipinski definition) is 1. The van der Waals surface area contributed by atoms with E-state index in [0.29, 0.717) is 30.0 Å². The van der Waals surface area contributed by atoms with Gasteiger partial charge in [-0.25, -0.2) is 13.2 Å². The second-order valence-corrected chi connectivity index (χ2v) is 9.68. The van der Waals surface area contributed by atoms with Crippen LogP contribution in [0.3, 0.4) is 0 Å². The number of amides is 1. The van der Waals surface area contributed by atoms with Gasteiger partial charge in [-0.15, -0.1) is 5.10 Å². The van der Waals surface area contributed by atoms with Crippen molar-refractivity contribution in [2.75, 3.05) is 25.0 Å². The molecule has 12 heteroatoms. The summed E-state index contributed by atoms with van der Waals surface area (Å²) < 4.78 is 33.7. The Labute approximate surface area is 209 Å². The number of anilines is 1. The summed E-state index contributed by atoms with van der Waals surface area (Å²) in [5.41, 5.74) is 1.56. The molecule has 36 heavy (non-hydrogen) atoms. The van der Waals surface area contributed by atoms with Crippen molar-refractivity contribution in [2.24, 2.45) is 0 Å². The summed E-state index contributed by atoms with van der Waals surface area (Å²) in [6.07, 6.45) is 1.55. The second kappa shape index (κ2) is 11.7. The lowest BCUT2D eigenvalue weighted by Gasteiger charge is -2.20. The van der Waals surface area contributed by atoms with E-state index >= 15 is 0 Å². The predicted molar refractivity (Wildman–Crippen MR) is 134 cm³/mol. The van der Waals surface area contributed by atoms with Crippen LogP contribution in [0.25, 0.3) is 11.8 Å². The summed E-state index contributed by atoms with van der Waals surface area (Å²) in [7, 11) is -3.72. The number of nitrogens with zero attached hydrogens (tertiary/aromatic N) is 5. The zero-order valence-corrected chi connectivity index (χ0v) is 21.3. The molecule has 0 spiro atoms. The summed E-state index contributed by atoms with van der Waals surface area (Å²) in [6, 6.07) is 13.6. The Morgan fingerprint density at radius 2 is 1.78 bits per heavy atom. The number of carbonyl (C=O) groups is 2. The van der Waals surface area contributed by atoms with Gasteiger partial charge in [0.05, 0.1) is 4.90 Å². The van der Waals surface area contributed by atoms with Crippen molar-refractivity contribution >= 4 is 39.4 Å². The molecule has 0 saturated carbocycles. The van der Waals surface area contributed by atoms with Crippen molar-refractivity contribution in [3.8, 4) is 0 Å². The molecule has 2 aromatic carbocycles. The summed E-state index contributed by atoms with van der Waals surface area (Å²) in [5.74, 6) is -1.08. The molecule has 1 amide bonds. The molecular weight excluding hydrogens is 484 g/mol. The number of carbonyl (C=O) groups excluding carboxylic acids is 2. The number of aromatic nitrogens is 4. The van der Waals surface area contributed by atoms with Crippen LogP contribution in [0.1, 0.15) is 30.8 Å². The minimum absolute atomic E-state index is 0.0273. The average molecular weight is 513 g/mol. The van der Waals surface area contributed by atoms with Gasteiger partial charge in [-0.05, 0) is 53.6 Å². The molecule has 0 atom stereocenters. The lowest BCUT2D eigenvalue weighted by atomic mass is 10.2. The summed E-state index contributed by atoms with van der Waals surface area (Å²) >= 11 is 0. The van der Waals surface area contributed by atoms with E-state index in [1.165, 1.54) is 15.1 Å². The fourth-order valence-corrected chi connectivity index (χ4v) is 5.14. The Morgan fingerprint density at radius 3 is 2.39 bits per heavy atom. The standard InChI is InChI=1S/C24H28N6O5S/c1-5-29(6-2)36(33,34)22-15-20(13-12-17(22)3)25-23(31)16-35-24(32)21(30-18(4)26-27-28-30)14-19-10-8-7-9-11-19/h7-15H,5-6,16H2,1-4H3,(H,25,31)/b21-14-. The number of nitrogens with one attached hydrogen (secondary N) is 1. The van der Waals surface area contributed by atoms with Crippen LogP contribution in [0.2, 0.25) is 0 Å². The lowest BCUT2D eigenvalue weighted by molar-refractivity contribution is -0.141. The molecule has 0 aliphatic carbocycles. The molecule has 190 valence electrons. The number of benzene rings is 2. The fourth-order valence-electron chi connectivity index (χ4n) is 3.43. The minimum atomic E-state index is -3.72. The Balaban J connectivity index is 1.75. The number of esters is 1. The van der Waals surface area contributed by atoms with E-state index in [-0.39, 0.29) is 16.3 Å². The molecule has 0 aliphatic rings. The Kier molecular flexibility index (Phi) is 8.67. The second-order valence-electron chi connectivity index (χ2n) is 7.77. The number of rotatable bonds is 10. The highest BCUT2D eigenvalue weighted by molar-refractivity contribution is 7.89. The van der Waals surface area contributed by atoms with Crippen LogP contribution < -0.4 is 5.32 Å². The fraction of sp³-hybridized carbons (Fsp3) is 0.292. The van der Waals surface area contributed by atoms with Crippen LogP contribution in [0, 0.1) is 13.8 Å². The molecule has 0 fully saturated rings. The first-order valence-corrected chi connectivity index (χ1v) is 12.7. The van der Waals surface area contributed by atoms with Gasteiger partial charge in [0.15, 0.2) is 18.1 Å². The van der Waals surface area contributed by atoms with Crippen LogP contribution in [0.5, 0.6) is 0 Å². The summed E-state index contributed by atoms with van der Waals surface area (Å²) in [6.45, 7) is 6.87. The molecule has 0 aliphatic heterocycles. The highest BCUT2D eigenvalue weighted by Crippen LogP contribution is 2.23. The third-order valence-corrected chi connectivity index (χ3v) is 7.49. The molecule has 0 saturated heterocycles. The molecule has 0 radical (unpaired) electrons. The molecule has 0 bridgehead atoms. The van der Waals surface area contributed by atoms with Crippen molar-refractivity contribution in [3.05, 3.63) is 65.5 Å². The zero-order valence-electron chi connectivity index (χ0n) is 20.5. The largest absolute Gasteiger partial charge is 0.451 e. The van der Waals surface area contributed by atoms with E-state index in [9.17, 15) is 18.0 Å². The number of sulfonamides is 1. The quantitative estimate of drug-likeness (QED) is 0.323. The summed E-state index contributed by atoms with van der Waals surface area (Å²) in [4.78, 5) is 25.5. The van der Waals surface area contributed by atoms with Gasteiger partial charge in [0.2, 0.25) is 10.0 Å². The average Bonchev–Trinajstić information content (AvgIpc) is 3.28. The first-order chi connectivity index (χ1) is 17.2. The van der Waals surface area contributed by atoms with Crippen molar-refractivity contribution in [1.29, 1.82) is 0 Å². The van der Waals surface area contributed by atoms with E-state index in [1.807, 2.05) is 18.2 Å². The molecule has 1 heterocycles. The maximum Gasteiger partial charge on any atom is 0.357 e. The molecule has 0 unspecified atom stereocenters. The highest BCUT2D eigenvalue weighted by atomic mass is 32.2. The smallest absolute Gasteiger partial charge is 0.357 e. The van der Waals surface area contributed by atoms with Crippen LogP contribution >= 0.6 is 0 Å². The topological polar surface area (TPSA) is 136 Å². The van der Waals surface area contributed by atoms with Gasteiger partial charge in [-0.3, -0.25) is 4.79 Å². The van der Waals surface area contributed by atoms with Gasteiger partial charge in [-0.2, -0.15) is 8.99 Å². The third-order valence-electron chi connectivity index (χ3n) is 5.30. The molecule has 11 nitrogen and oxygen atoms in total. The molecular formula is C24H28N6O5S. The highest BCUT2D eigenvalue weighted by Gasteiger charge is 2.24. The number of aryl methyl sites for hydroxylation is 2. The Hall–Kier alpha value is -3.90. The molecule has 1 aromatic heterocycles. The number of ether oxygens (including phenoxy) is 1. The molecule has 3 rings (SSSR count). The van der Waals surface area contributed by atoms with E-state index in [4.69, 9.17) is 4.74 Å². The van der Waals surface area contributed by atoms with Crippen LogP contribution in [-0.2, 0) is 24.3 Å². The maximum atomic E-state index is 13.0. The van der Waals surface area contributed by atoms with Crippen LogP contribution in [0.4, 0.5) is 5.69 Å². The monoisotopic (exact) mass is 512 g/mol. The zero-order chi connectivity index (χ0) is 26.3. The Bertz CT molecular complexity index is 1360. The minimum Gasteiger partial charge on any atom is -0.451 e. The van der Waals surface area contributed by atoms with Gasteiger partial charge >= 0.3 is 5.97 Å². The van der Waals surface area contributed by atoms with E-state index in [1.54, 1.807) is 58.0 Å². The SMILES string of the molecule is CCN(CC)S(=O)(=O)c1cc(NC(=O)COC(=O)/C(=C/c2ccccc2)n2nnnc2C)ccc1C. The normalized spacial score (nSPS) is 12.0. The first kappa shape index (κ1) is 26.7. The van der Waals surface area contributed by atoms with Crippen LogP contribution in [0.15, 0.2) is 53.4 Å². The van der Waals surface area contributed by atoms with Gasteiger partial charge in [0.1, 0.15) is 0 Å². The van der Waals surface area contributed by atoms with Crippen molar-refractivity contribution in [1.82, 2.24) is 24.5 Å². The van der Waals surface area contributed by atoms with E-state index < -0.39 is 28.5 Å². The van der Waals surface area contributed by atoms with Gasteiger partial charge in [0, 0.05) is 18.8 Å².